The molecule has 40 heavy (non-hydrogen) atoms. The monoisotopic (exact) mass is 538 g/mol. The first-order valence-electron chi connectivity index (χ1n) is 13.4. The summed E-state index contributed by atoms with van der Waals surface area (Å²) >= 11 is 0. The Morgan fingerprint density at radius 2 is 1.90 bits per heavy atom. The third-order valence-electron chi connectivity index (χ3n) is 7.21. The van der Waals surface area contributed by atoms with Crippen LogP contribution in [-0.2, 0) is 18.2 Å². The van der Waals surface area contributed by atoms with E-state index in [4.69, 9.17) is 14.1 Å². The zero-order chi connectivity index (χ0) is 27.8. The number of hydrogen-bond acceptors (Lipinski definition) is 9. The summed E-state index contributed by atoms with van der Waals surface area (Å²) in [5, 5.41) is 9.69. The van der Waals surface area contributed by atoms with Crippen LogP contribution in [0.1, 0.15) is 36.3 Å². The number of carbonyl (C=O) groups excluding carboxylic acids is 1. The maximum Gasteiger partial charge on any atom is 0.349 e. The van der Waals surface area contributed by atoms with Crippen LogP contribution < -0.4 is 15.8 Å². The number of nitrogens with one attached hydrogen (secondary N) is 1. The van der Waals surface area contributed by atoms with Gasteiger partial charge in [-0.05, 0) is 43.7 Å². The number of aromatic nitrogens is 4. The third-order valence-corrected chi connectivity index (χ3v) is 7.21. The molecule has 1 aliphatic rings. The average molecular weight is 539 g/mol. The van der Waals surface area contributed by atoms with Crippen molar-refractivity contribution in [3.63, 3.8) is 0 Å². The van der Waals surface area contributed by atoms with Gasteiger partial charge in [0.1, 0.15) is 11.1 Å². The van der Waals surface area contributed by atoms with Crippen molar-refractivity contribution in [3.8, 4) is 11.3 Å². The molecule has 3 aromatic heterocycles. The molecule has 0 atom stereocenters. The predicted octanol–water partition coefficient (Wildman–Crippen LogP) is 4.87. The molecule has 0 aliphatic carbocycles. The van der Waals surface area contributed by atoms with Gasteiger partial charge in [0.2, 0.25) is 5.95 Å². The number of fused-ring (bicyclic) bond motifs is 2. The van der Waals surface area contributed by atoms with Crippen molar-refractivity contribution in [2.45, 2.75) is 26.7 Å². The Morgan fingerprint density at radius 3 is 2.67 bits per heavy atom. The molecule has 0 bridgehead atoms. The van der Waals surface area contributed by atoms with E-state index in [1.807, 2.05) is 47.0 Å². The first-order chi connectivity index (χ1) is 19.4. The predicted molar refractivity (Wildman–Crippen MR) is 155 cm³/mol. The van der Waals surface area contributed by atoms with E-state index in [0.717, 1.165) is 35.0 Å². The number of aryl methyl sites for hydroxylation is 2. The minimum atomic E-state index is -0.648. The fourth-order valence-electron chi connectivity index (χ4n) is 5.34. The van der Waals surface area contributed by atoms with E-state index in [1.165, 1.54) is 12.6 Å². The highest BCUT2D eigenvalue weighted by molar-refractivity contribution is 6.07. The van der Waals surface area contributed by atoms with E-state index >= 15 is 0 Å². The molecule has 0 saturated carbocycles. The quantitative estimate of drug-likeness (QED) is 0.229. The van der Waals surface area contributed by atoms with Crippen molar-refractivity contribution in [1.82, 2.24) is 19.7 Å². The summed E-state index contributed by atoms with van der Waals surface area (Å²) in [6.07, 6.45) is 3.70. The van der Waals surface area contributed by atoms with Crippen molar-refractivity contribution in [1.29, 1.82) is 0 Å². The standard InChI is InChI=1S/C30H30N6O4/c1-4-5-25-22-16-19(6-9-24(22)34-35(25)3)23-10-11-31-30(33-23)32-20-7-8-21-26(17-20)40-29(38)27(18(2)37)28(21)36-12-14-39-15-13-36/h6-11,16-17H,4-5,12-15H2,1-3H3,(H,31,32,33). The van der Waals surface area contributed by atoms with Gasteiger partial charge in [-0.2, -0.15) is 5.10 Å². The first kappa shape index (κ1) is 25.7. The van der Waals surface area contributed by atoms with Crippen molar-refractivity contribution >= 4 is 45.0 Å². The number of carbonyl (C=O) groups is 1. The van der Waals surface area contributed by atoms with E-state index in [-0.39, 0.29) is 11.3 Å². The summed E-state index contributed by atoms with van der Waals surface area (Å²) in [6.45, 7) is 5.78. The van der Waals surface area contributed by atoms with Crippen LogP contribution >= 0.6 is 0 Å². The van der Waals surface area contributed by atoms with Crippen molar-refractivity contribution in [3.05, 3.63) is 70.3 Å². The summed E-state index contributed by atoms with van der Waals surface area (Å²) in [6, 6.07) is 13.5. The SMILES string of the molecule is CCCc1c2cc(-c3ccnc(Nc4ccc5c(N6CCOCC6)c(C(C)=O)c(=O)oc5c4)n3)ccc2nn1C. The molecule has 10 nitrogen and oxygen atoms in total. The molecular weight excluding hydrogens is 508 g/mol. The summed E-state index contributed by atoms with van der Waals surface area (Å²) < 4.78 is 13.0. The second-order valence-electron chi connectivity index (χ2n) is 9.92. The van der Waals surface area contributed by atoms with Crippen LogP contribution in [0.3, 0.4) is 0 Å². The lowest BCUT2D eigenvalue weighted by molar-refractivity contribution is 0.101. The fourth-order valence-corrected chi connectivity index (χ4v) is 5.34. The highest BCUT2D eigenvalue weighted by Crippen LogP contribution is 2.32. The van der Waals surface area contributed by atoms with Gasteiger partial charge >= 0.3 is 5.63 Å². The molecule has 10 heteroatoms. The fraction of sp³-hybridized carbons (Fsp3) is 0.300. The lowest BCUT2D eigenvalue weighted by Gasteiger charge is -2.30. The molecule has 0 amide bonds. The van der Waals surface area contributed by atoms with Crippen LogP contribution in [0.25, 0.3) is 33.1 Å². The van der Waals surface area contributed by atoms with Gasteiger partial charge in [0, 0.05) is 60.1 Å². The largest absolute Gasteiger partial charge is 0.422 e. The number of Topliss-reactive ketones (excluding diaryl/α,β-unsaturated/α-hetero) is 1. The lowest BCUT2D eigenvalue weighted by atomic mass is 10.1. The Balaban J connectivity index is 1.35. The van der Waals surface area contributed by atoms with Gasteiger partial charge in [-0.3, -0.25) is 9.48 Å². The zero-order valence-corrected chi connectivity index (χ0v) is 22.7. The van der Waals surface area contributed by atoms with E-state index in [2.05, 4.69) is 28.4 Å². The zero-order valence-electron chi connectivity index (χ0n) is 22.7. The lowest BCUT2D eigenvalue weighted by Crippen LogP contribution is -2.38. The molecule has 204 valence electrons. The molecule has 1 saturated heterocycles. The molecule has 0 radical (unpaired) electrons. The van der Waals surface area contributed by atoms with Crippen LogP contribution in [0.15, 0.2) is 57.9 Å². The first-order valence-corrected chi connectivity index (χ1v) is 13.4. The number of hydrogen-bond donors (Lipinski definition) is 1. The third kappa shape index (κ3) is 4.71. The molecular formula is C30H30N6O4. The minimum absolute atomic E-state index is 0.0684. The van der Waals surface area contributed by atoms with Gasteiger partial charge in [0.05, 0.1) is 30.1 Å². The molecule has 1 N–H and O–H groups in total. The van der Waals surface area contributed by atoms with Gasteiger partial charge < -0.3 is 19.4 Å². The van der Waals surface area contributed by atoms with Crippen LogP contribution in [-0.4, -0.2) is 51.8 Å². The Labute approximate surface area is 230 Å². The molecule has 6 rings (SSSR count). The van der Waals surface area contributed by atoms with Crippen molar-refractivity contribution in [2.24, 2.45) is 7.05 Å². The number of rotatable bonds is 7. The van der Waals surface area contributed by atoms with Gasteiger partial charge in [0.25, 0.3) is 0 Å². The number of benzene rings is 2. The number of nitrogens with zero attached hydrogens (tertiary/aromatic N) is 5. The second kappa shape index (κ2) is 10.5. The minimum Gasteiger partial charge on any atom is -0.422 e. The summed E-state index contributed by atoms with van der Waals surface area (Å²) in [4.78, 5) is 36.4. The topological polar surface area (TPSA) is 115 Å². The van der Waals surface area contributed by atoms with Crippen LogP contribution in [0.5, 0.6) is 0 Å². The number of anilines is 3. The Kier molecular flexibility index (Phi) is 6.77. The molecule has 4 heterocycles. The maximum atomic E-state index is 12.9. The van der Waals surface area contributed by atoms with E-state index in [1.54, 1.807) is 12.3 Å². The van der Waals surface area contributed by atoms with Crippen molar-refractivity contribution < 1.29 is 13.9 Å². The van der Waals surface area contributed by atoms with Crippen molar-refractivity contribution in [2.75, 3.05) is 36.5 Å². The Hall–Kier alpha value is -4.57. The van der Waals surface area contributed by atoms with Gasteiger partial charge in [-0.1, -0.05) is 19.4 Å². The molecule has 0 unspecified atom stereocenters. The molecule has 0 spiro atoms. The highest BCUT2D eigenvalue weighted by Gasteiger charge is 2.24. The normalized spacial score (nSPS) is 13.7. The summed E-state index contributed by atoms with van der Waals surface area (Å²) in [5.74, 6) is 0.0869. The average Bonchev–Trinajstić information content (AvgIpc) is 3.27. The number of ether oxygens (including phenoxy) is 1. The summed E-state index contributed by atoms with van der Waals surface area (Å²) in [5.41, 5.74) is 4.97. The number of morpholine rings is 1. The van der Waals surface area contributed by atoms with E-state index in [0.29, 0.717) is 54.6 Å². The summed E-state index contributed by atoms with van der Waals surface area (Å²) in [7, 11) is 1.98. The van der Waals surface area contributed by atoms with Gasteiger partial charge in [-0.25, -0.2) is 14.8 Å². The van der Waals surface area contributed by atoms with Crippen LogP contribution in [0.2, 0.25) is 0 Å². The van der Waals surface area contributed by atoms with Crippen LogP contribution in [0.4, 0.5) is 17.3 Å². The Morgan fingerprint density at radius 1 is 1.07 bits per heavy atom. The molecule has 1 aliphatic heterocycles. The van der Waals surface area contributed by atoms with E-state index in [9.17, 15) is 9.59 Å². The smallest absolute Gasteiger partial charge is 0.349 e. The molecule has 5 aromatic rings. The van der Waals surface area contributed by atoms with Crippen LogP contribution in [0, 0.1) is 0 Å². The molecule has 2 aromatic carbocycles. The van der Waals surface area contributed by atoms with Gasteiger partial charge in [0.15, 0.2) is 5.78 Å². The van der Waals surface area contributed by atoms with Gasteiger partial charge in [-0.15, -0.1) is 0 Å². The Bertz CT molecular complexity index is 1800. The maximum absolute atomic E-state index is 12.9. The van der Waals surface area contributed by atoms with E-state index < -0.39 is 5.63 Å². The molecule has 1 fully saturated rings. The highest BCUT2D eigenvalue weighted by atomic mass is 16.5. The number of ketones is 1. The second-order valence-corrected chi connectivity index (χ2v) is 9.92.